The molecule has 2 aromatic rings. The third-order valence-electron chi connectivity index (χ3n) is 2.93. The number of hydrogen-bond donors (Lipinski definition) is 2. The van der Waals surface area contributed by atoms with Crippen molar-refractivity contribution in [3.63, 3.8) is 0 Å². The first-order valence-electron chi connectivity index (χ1n) is 6.00. The van der Waals surface area contributed by atoms with Gasteiger partial charge in [0, 0.05) is 11.8 Å². The van der Waals surface area contributed by atoms with Crippen LogP contribution in [0.3, 0.4) is 0 Å². The lowest BCUT2D eigenvalue weighted by molar-refractivity contribution is -0.385. The van der Waals surface area contributed by atoms with E-state index in [-0.39, 0.29) is 22.6 Å². The lowest BCUT2D eigenvalue weighted by Crippen LogP contribution is -2.15. The third kappa shape index (κ3) is 2.97. The van der Waals surface area contributed by atoms with Gasteiger partial charge in [0.1, 0.15) is 11.4 Å². The molecule has 0 aliphatic heterocycles. The highest BCUT2D eigenvalue weighted by molar-refractivity contribution is 6.08. The largest absolute Gasteiger partial charge is 0.396 e. The Morgan fingerprint density at radius 2 is 2.05 bits per heavy atom. The van der Waals surface area contributed by atoms with E-state index in [1.54, 1.807) is 13.0 Å². The number of nitrogen functional groups attached to an aromatic ring is 1. The number of carbonyl (C=O) groups excluding carboxylic acids is 1. The minimum atomic E-state index is -0.647. The van der Waals surface area contributed by atoms with Crippen molar-refractivity contribution in [1.82, 2.24) is 0 Å². The van der Waals surface area contributed by atoms with E-state index in [1.165, 1.54) is 24.3 Å². The van der Waals surface area contributed by atoms with E-state index in [0.717, 1.165) is 6.07 Å². The van der Waals surface area contributed by atoms with Crippen molar-refractivity contribution in [2.75, 3.05) is 11.1 Å². The average Bonchev–Trinajstić information content (AvgIpc) is 2.42. The van der Waals surface area contributed by atoms with Crippen LogP contribution < -0.4 is 11.1 Å². The van der Waals surface area contributed by atoms with Gasteiger partial charge >= 0.3 is 0 Å². The highest BCUT2D eigenvalue weighted by atomic mass is 19.1. The van der Waals surface area contributed by atoms with Crippen molar-refractivity contribution in [2.24, 2.45) is 0 Å². The zero-order valence-corrected chi connectivity index (χ0v) is 11.1. The second-order valence-corrected chi connectivity index (χ2v) is 4.42. The first-order chi connectivity index (χ1) is 9.90. The van der Waals surface area contributed by atoms with Gasteiger partial charge in [0.15, 0.2) is 0 Å². The molecule has 1 amide bonds. The monoisotopic (exact) mass is 289 g/mol. The Balaban J connectivity index is 2.36. The van der Waals surface area contributed by atoms with Gasteiger partial charge in [0.25, 0.3) is 11.6 Å². The maximum Gasteiger partial charge on any atom is 0.282 e. The van der Waals surface area contributed by atoms with E-state index in [9.17, 15) is 19.3 Å². The number of aryl methyl sites for hydroxylation is 1. The zero-order valence-electron chi connectivity index (χ0n) is 11.1. The molecule has 2 rings (SSSR count). The normalized spacial score (nSPS) is 10.2. The van der Waals surface area contributed by atoms with Crippen LogP contribution in [0, 0.1) is 22.9 Å². The summed E-state index contributed by atoms with van der Waals surface area (Å²) in [7, 11) is 0. The number of nitro benzene ring substituents is 1. The molecule has 0 saturated carbocycles. The fourth-order valence-corrected chi connectivity index (χ4v) is 1.91. The molecule has 0 bridgehead atoms. The van der Waals surface area contributed by atoms with Crippen LogP contribution in [0.4, 0.5) is 21.5 Å². The standard InChI is InChI=1S/C14H12FN3O3/c1-8-3-2-4-12(18(20)21)13(8)14(19)17-9-5-6-10(15)11(16)7-9/h2-7H,16H2,1H3,(H,17,19). The summed E-state index contributed by atoms with van der Waals surface area (Å²) in [5.74, 6) is -1.25. The summed E-state index contributed by atoms with van der Waals surface area (Å²) in [6.45, 7) is 1.60. The van der Waals surface area contributed by atoms with Gasteiger partial charge in [-0.25, -0.2) is 4.39 Å². The first-order valence-corrected chi connectivity index (χ1v) is 6.00. The molecule has 0 aliphatic carbocycles. The van der Waals surface area contributed by atoms with Crippen LogP contribution >= 0.6 is 0 Å². The fourth-order valence-electron chi connectivity index (χ4n) is 1.91. The quantitative estimate of drug-likeness (QED) is 0.515. The van der Waals surface area contributed by atoms with Gasteiger partial charge < -0.3 is 11.1 Å². The number of amides is 1. The predicted molar refractivity (Wildman–Crippen MR) is 76.6 cm³/mol. The zero-order chi connectivity index (χ0) is 15.6. The summed E-state index contributed by atoms with van der Waals surface area (Å²) in [4.78, 5) is 22.6. The third-order valence-corrected chi connectivity index (χ3v) is 2.93. The van der Waals surface area contributed by atoms with Crippen LogP contribution in [0.2, 0.25) is 0 Å². The molecule has 2 aromatic carbocycles. The number of nitrogens with zero attached hydrogens (tertiary/aromatic N) is 1. The van der Waals surface area contributed by atoms with Crippen molar-refractivity contribution in [1.29, 1.82) is 0 Å². The molecule has 0 aliphatic rings. The van der Waals surface area contributed by atoms with Gasteiger partial charge in [-0.1, -0.05) is 12.1 Å². The Kier molecular flexibility index (Phi) is 3.84. The summed E-state index contributed by atoms with van der Waals surface area (Å²) < 4.78 is 13.1. The van der Waals surface area contributed by atoms with Gasteiger partial charge in [-0.3, -0.25) is 14.9 Å². The molecule has 0 spiro atoms. The van der Waals surface area contributed by atoms with Gasteiger partial charge in [0.2, 0.25) is 0 Å². The van der Waals surface area contributed by atoms with Gasteiger partial charge in [-0.15, -0.1) is 0 Å². The SMILES string of the molecule is Cc1cccc([N+](=O)[O-])c1C(=O)Nc1ccc(F)c(N)c1. The molecule has 0 fully saturated rings. The molecular formula is C14H12FN3O3. The van der Waals surface area contributed by atoms with Gasteiger partial charge in [0.05, 0.1) is 10.6 Å². The van der Waals surface area contributed by atoms with Crippen molar-refractivity contribution in [2.45, 2.75) is 6.92 Å². The Morgan fingerprint density at radius 1 is 1.33 bits per heavy atom. The number of nitrogens with one attached hydrogen (secondary N) is 1. The number of carbonyl (C=O) groups is 1. The van der Waals surface area contributed by atoms with E-state index in [1.807, 2.05) is 0 Å². The van der Waals surface area contributed by atoms with Crippen molar-refractivity contribution in [3.05, 3.63) is 63.5 Å². The number of nitrogens with two attached hydrogens (primary N) is 1. The number of halogens is 1. The molecule has 0 atom stereocenters. The van der Waals surface area contributed by atoms with E-state index < -0.39 is 16.6 Å². The number of nitro groups is 1. The molecule has 3 N–H and O–H groups in total. The van der Waals surface area contributed by atoms with E-state index in [4.69, 9.17) is 5.73 Å². The van der Waals surface area contributed by atoms with Crippen LogP contribution in [0.25, 0.3) is 0 Å². The second-order valence-electron chi connectivity index (χ2n) is 4.42. The summed E-state index contributed by atoms with van der Waals surface area (Å²) in [5.41, 5.74) is 5.69. The lowest BCUT2D eigenvalue weighted by Gasteiger charge is -2.09. The number of benzene rings is 2. The highest BCUT2D eigenvalue weighted by Crippen LogP contribution is 2.24. The second kappa shape index (κ2) is 5.58. The van der Waals surface area contributed by atoms with Crippen LogP contribution in [-0.2, 0) is 0 Å². The maximum atomic E-state index is 13.1. The number of rotatable bonds is 3. The van der Waals surface area contributed by atoms with Gasteiger partial charge in [-0.2, -0.15) is 0 Å². The molecule has 108 valence electrons. The first kappa shape index (κ1) is 14.4. The van der Waals surface area contributed by atoms with Crippen LogP contribution in [0.15, 0.2) is 36.4 Å². The molecule has 0 saturated heterocycles. The highest BCUT2D eigenvalue weighted by Gasteiger charge is 2.22. The van der Waals surface area contributed by atoms with E-state index >= 15 is 0 Å². The Hall–Kier alpha value is -2.96. The number of hydrogen-bond acceptors (Lipinski definition) is 4. The van der Waals surface area contributed by atoms with Crippen molar-refractivity contribution < 1.29 is 14.1 Å². The lowest BCUT2D eigenvalue weighted by atomic mass is 10.1. The minimum Gasteiger partial charge on any atom is -0.396 e. The molecule has 7 heteroatoms. The Morgan fingerprint density at radius 3 is 2.67 bits per heavy atom. The smallest absolute Gasteiger partial charge is 0.282 e. The summed E-state index contributed by atoms with van der Waals surface area (Å²) in [5, 5.41) is 13.5. The summed E-state index contributed by atoms with van der Waals surface area (Å²) >= 11 is 0. The minimum absolute atomic E-state index is 0.0367. The molecule has 0 unspecified atom stereocenters. The number of anilines is 2. The summed E-state index contributed by atoms with van der Waals surface area (Å²) in [6.07, 6.45) is 0. The molecule has 6 nitrogen and oxygen atoms in total. The van der Waals surface area contributed by atoms with Crippen molar-refractivity contribution >= 4 is 23.0 Å². The molecule has 21 heavy (non-hydrogen) atoms. The van der Waals surface area contributed by atoms with Crippen molar-refractivity contribution in [3.8, 4) is 0 Å². The van der Waals surface area contributed by atoms with Crippen LogP contribution in [0.5, 0.6) is 0 Å². The van der Waals surface area contributed by atoms with E-state index in [2.05, 4.69) is 5.32 Å². The Labute approximate surface area is 119 Å². The van der Waals surface area contributed by atoms with Gasteiger partial charge in [-0.05, 0) is 30.7 Å². The summed E-state index contributed by atoms with van der Waals surface area (Å²) in [6, 6.07) is 8.03. The van der Waals surface area contributed by atoms with Crippen LogP contribution in [-0.4, -0.2) is 10.8 Å². The fraction of sp³-hybridized carbons (Fsp3) is 0.0714. The predicted octanol–water partition coefficient (Wildman–Crippen LogP) is 2.88. The Bertz CT molecular complexity index is 731. The average molecular weight is 289 g/mol. The molecular weight excluding hydrogens is 277 g/mol. The van der Waals surface area contributed by atoms with Crippen LogP contribution in [0.1, 0.15) is 15.9 Å². The van der Waals surface area contributed by atoms with E-state index in [0.29, 0.717) is 5.56 Å². The molecule has 0 aromatic heterocycles. The molecule has 0 radical (unpaired) electrons. The molecule has 0 heterocycles. The topological polar surface area (TPSA) is 98.3 Å². The maximum absolute atomic E-state index is 13.1.